The van der Waals surface area contributed by atoms with Crippen LogP contribution < -0.4 is 4.72 Å². The number of benzene rings is 1. The normalized spacial score (nSPS) is 19.7. The first-order valence-electron chi connectivity index (χ1n) is 7.33. The minimum absolute atomic E-state index is 0.0649. The Morgan fingerprint density at radius 1 is 1.39 bits per heavy atom. The molecule has 2 atom stereocenters. The number of likely N-dealkylation sites (N-methyl/N-ethyl adjacent to an activating group) is 1. The Morgan fingerprint density at radius 2 is 2.04 bits per heavy atom. The van der Waals surface area contributed by atoms with E-state index < -0.39 is 16.1 Å². The summed E-state index contributed by atoms with van der Waals surface area (Å²) in [6.07, 6.45) is 0.721. The maximum Gasteiger partial charge on any atom is 0.270 e. The van der Waals surface area contributed by atoms with E-state index in [0.717, 1.165) is 11.5 Å². The van der Waals surface area contributed by atoms with E-state index in [1.165, 1.54) is 20.2 Å². The molecular formula is C15H21N3O4S. The molecule has 1 aliphatic heterocycles. The van der Waals surface area contributed by atoms with Gasteiger partial charge < -0.3 is 0 Å². The van der Waals surface area contributed by atoms with Gasteiger partial charge >= 0.3 is 0 Å². The van der Waals surface area contributed by atoms with Crippen molar-refractivity contribution >= 4 is 21.8 Å². The van der Waals surface area contributed by atoms with Crippen molar-refractivity contribution in [2.45, 2.75) is 31.2 Å². The molecule has 0 aromatic heterocycles. The average molecular weight is 339 g/mol. The topological polar surface area (TPSA) is 88.1 Å². The summed E-state index contributed by atoms with van der Waals surface area (Å²) in [6.45, 7) is 3.84. The first kappa shape index (κ1) is 17.4. The van der Waals surface area contributed by atoms with Gasteiger partial charge in [-0.2, -0.15) is 0 Å². The number of nitrogens with one attached hydrogen (secondary N) is 1. The molecule has 23 heavy (non-hydrogen) atoms. The van der Waals surface area contributed by atoms with Crippen LogP contribution in [0.15, 0.2) is 34.2 Å². The lowest BCUT2D eigenvalue weighted by Crippen LogP contribution is -2.39. The van der Waals surface area contributed by atoms with Crippen LogP contribution in [0.1, 0.15) is 25.8 Å². The fourth-order valence-electron chi connectivity index (χ4n) is 2.29. The minimum atomic E-state index is -3.62. The molecule has 1 aromatic carbocycles. The van der Waals surface area contributed by atoms with Crippen LogP contribution in [0, 0.1) is 5.92 Å². The largest absolute Gasteiger partial charge is 0.274 e. The highest BCUT2D eigenvalue weighted by molar-refractivity contribution is 7.90. The van der Waals surface area contributed by atoms with Crippen LogP contribution in [0.5, 0.6) is 0 Å². The standard InChI is InChI=1S/C15H21N3O4S/c1-5-10(2)13(15(19)18(3)22-4)16-14-11-8-6-7-9-12(11)23(20,21)17-14/h6-10,13H,5H2,1-4H3,(H,16,17)/t10-,13-/m0/s1. The van der Waals surface area contributed by atoms with Gasteiger partial charge in [0, 0.05) is 12.6 Å². The van der Waals surface area contributed by atoms with Gasteiger partial charge in [-0.3, -0.25) is 19.3 Å². The molecule has 8 heteroatoms. The van der Waals surface area contributed by atoms with Crippen molar-refractivity contribution in [2.75, 3.05) is 14.2 Å². The third kappa shape index (κ3) is 3.37. The highest BCUT2D eigenvalue weighted by atomic mass is 32.2. The van der Waals surface area contributed by atoms with Crippen molar-refractivity contribution in [2.24, 2.45) is 10.9 Å². The summed E-state index contributed by atoms with van der Waals surface area (Å²) in [5, 5.41) is 1.11. The Bertz CT molecular complexity index is 730. The van der Waals surface area contributed by atoms with Gasteiger partial charge in [0.1, 0.15) is 11.9 Å². The third-order valence-corrected chi connectivity index (χ3v) is 5.35. The monoisotopic (exact) mass is 339 g/mol. The smallest absolute Gasteiger partial charge is 0.270 e. The molecule has 0 spiro atoms. The van der Waals surface area contributed by atoms with E-state index in [4.69, 9.17) is 4.84 Å². The molecular weight excluding hydrogens is 318 g/mol. The Labute approximate surface area is 136 Å². The van der Waals surface area contributed by atoms with Crippen LogP contribution in [0.2, 0.25) is 0 Å². The fourth-order valence-corrected chi connectivity index (χ4v) is 3.53. The van der Waals surface area contributed by atoms with Gasteiger partial charge in [0.2, 0.25) is 0 Å². The number of nitrogens with zero attached hydrogens (tertiary/aromatic N) is 2. The number of hydrogen-bond acceptors (Lipinski definition) is 5. The van der Waals surface area contributed by atoms with Crippen LogP contribution in [-0.2, 0) is 19.7 Å². The van der Waals surface area contributed by atoms with E-state index in [0.29, 0.717) is 5.56 Å². The SMILES string of the molecule is CC[C@H](C)[C@H](N=C1NS(=O)(=O)c2ccccc21)C(=O)N(C)OC. The Hall–Kier alpha value is -1.93. The number of rotatable bonds is 5. The molecule has 0 saturated carbocycles. The molecule has 1 amide bonds. The zero-order valence-electron chi connectivity index (χ0n) is 13.6. The Kier molecular flexibility index (Phi) is 5.06. The maximum atomic E-state index is 12.5. The van der Waals surface area contributed by atoms with Gasteiger partial charge in [-0.15, -0.1) is 0 Å². The first-order chi connectivity index (χ1) is 10.8. The van der Waals surface area contributed by atoms with Crippen LogP contribution in [0.25, 0.3) is 0 Å². The Morgan fingerprint density at radius 3 is 2.65 bits per heavy atom. The van der Waals surface area contributed by atoms with Crippen LogP contribution >= 0.6 is 0 Å². The number of amidine groups is 1. The van der Waals surface area contributed by atoms with E-state index in [9.17, 15) is 13.2 Å². The summed E-state index contributed by atoms with van der Waals surface area (Å²) in [7, 11) is -0.722. The summed E-state index contributed by atoms with van der Waals surface area (Å²) in [4.78, 5) is 22.0. The van der Waals surface area contributed by atoms with E-state index in [1.807, 2.05) is 13.8 Å². The van der Waals surface area contributed by atoms with Crippen LogP contribution in [0.4, 0.5) is 0 Å². The molecule has 0 saturated heterocycles. The molecule has 126 valence electrons. The highest BCUT2D eigenvalue weighted by Gasteiger charge is 2.33. The van der Waals surface area contributed by atoms with Crippen LogP contribution in [0.3, 0.4) is 0 Å². The average Bonchev–Trinajstić information content (AvgIpc) is 2.81. The third-order valence-electron chi connectivity index (χ3n) is 3.95. The lowest BCUT2D eigenvalue weighted by atomic mass is 9.98. The fraction of sp³-hybridized carbons (Fsp3) is 0.467. The molecule has 1 aliphatic rings. The summed E-state index contributed by atoms with van der Waals surface area (Å²) in [5.74, 6) is -0.188. The number of aliphatic imine (C=N–C) groups is 1. The molecule has 0 bridgehead atoms. The molecule has 0 unspecified atom stereocenters. The van der Waals surface area contributed by atoms with Crippen molar-refractivity contribution in [3.63, 3.8) is 0 Å². The van der Waals surface area contributed by atoms with Gasteiger partial charge in [-0.25, -0.2) is 13.5 Å². The zero-order chi connectivity index (χ0) is 17.2. The van der Waals surface area contributed by atoms with Crippen molar-refractivity contribution < 1.29 is 18.0 Å². The second-order valence-corrected chi connectivity index (χ2v) is 7.08. The van der Waals surface area contributed by atoms with Gasteiger partial charge in [0.15, 0.2) is 0 Å². The molecule has 0 fully saturated rings. The molecule has 1 aromatic rings. The quantitative estimate of drug-likeness (QED) is 0.816. The number of carbonyl (C=O) groups excluding carboxylic acids is 1. The highest BCUT2D eigenvalue weighted by Crippen LogP contribution is 2.24. The second kappa shape index (κ2) is 6.67. The first-order valence-corrected chi connectivity index (χ1v) is 8.81. The van der Waals surface area contributed by atoms with Gasteiger partial charge in [0.05, 0.1) is 12.0 Å². The lowest BCUT2D eigenvalue weighted by molar-refractivity contribution is -0.171. The summed E-state index contributed by atoms with van der Waals surface area (Å²) in [6, 6.07) is 5.84. The summed E-state index contributed by atoms with van der Waals surface area (Å²) >= 11 is 0. The number of fused-ring (bicyclic) bond motifs is 1. The minimum Gasteiger partial charge on any atom is -0.274 e. The number of hydroxylamine groups is 2. The maximum absolute atomic E-state index is 12.5. The lowest BCUT2D eigenvalue weighted by Gasteiger charge is -2.23. The predicted octanol–water partition coefficient (Wildman–Crippen LogP) is 1.16. The second-order valence-electron chi connectivity index (χ2n) is 5.43. The van der Waals surface area contributed by atoms with Crippen molar-refractivity contribution in [1.82, 2.24) is 9.79 Å². The molecule has 7 nitrogen and oxygen atoms in total. The van der Waals surface area contributed by atoms with E-state index in [1.54, 1.807) is 18.2 Å². The summed E-state index contributed by atoms with van der Waals surface area (Å²) < 4.78 is 26.7. The molecule has 1 heterocycles. The number of sulfonamides is 1. The van der Waals surface area contributed by atoms with Gasteiger partial charge in [-0.1, -0.05) is 32.4 Å². The van der Waals surface area contributed by atoms with E-state index in [2.05, 4.69) is 9.71 Å². The zero-order valence-corrected chi connectivity index (χ0v) is 14.4. The van der Waals surface area contributed by atoms with E-state index >= 15 is 0 Å². The number of amides is 1. The van der Waals surface area contributed by atoms with Crippen molar-refractivity contribution in [3.8, 4) is 0 Å². The number of carbonyl (C=O) groups is 1. The van der Waals surface area contributed by atoms with Gasteiger partial charge in [0.25, 0.3) is 15.9 Å². The summed E-state index contributed by atoms with van der Waals surface area (Å²) in [5.41, 5.74) is 0.480. The van der Waals surface area contributed by atoms with E-state index in [-0.39, 0.29) is 22.6 Å². The molecule has 0 radical (unpaired) electrons. The van der Waals surface area contributed by atoms with Crippen molar-refractivity contribution in [3.05, 3.63) is 29.8 Å². The predicted molar refractivity (Wildman–Crippen MR) is 86.3 cm³/mol. The molecule has 1 N–H and O–H groups in total. The Balaban J connectivity index is 2.47. The molecule has 2 rings (SSSR count). The van der Waals surface area contributed by atoms with Crippen LogP contribution in [-0.4, -0.2) is 45.4 Å². The van der Waals surface area contributed by atoms with Crippen molar-refractivity contribution in [1.29, 1.82) is 0 Å². The molecule has 0 aliphatic carbocycles. The van der Waals surface area contributed by atoms with Gasteiger partial charge in [-0.05, 0) is 18.1 Å². The number of hydrogen-bond donors (Lipinski definition) is 1.